The van der Waals surface area contributed by atoms with Crippen LogP contribution in [0.15, 0.2) is 63.8 Å². The Kier molecular flexibility index (Phi) is 3.47. The lowest BCUT2D eigenvalue weighted by molar-refractivity contribution is 0.0697. The molecule has 4 rings (SSSR count). The highest BCUT2D eigenvalue weighted by Gasteiger charge is 2.22. The Bertz CT molecular complexity index is 1210. The molecular formula is C20H12FNO4. The molecule has 0 bridgehead atoms. The number of nitrogens with two attached hydrogens (primary N) is 1. The summed E-state index contributed by atoms with van der Waals surface area (Å²) < 4.78 is 19.7. The number of benzene rings is 3. The number of aromatic carboxylic acids is 1. The van der Waals surface area contributed by atoms with Gasteiger partial charge < -0.3 is 15.3 Å². The van der Waals surface area contributed by atoms with E-state index in [4.69, 9.17) is 10.2 Å². The minimum Gasteiger partial charge on any atom is -0.478 e. The molecule has 1 heterocycles. The van der Waals surface area contributed by atoms with Gasteiger partial charge >= 0.3 is 5.97 Å². The summed E-state index contributed by atoms with van der Waals surface area (Å²) in [6.45, 7) is 0. The predicted octanol–water partition coefficient (Wildman–Crippen LogP) is 3.98. The highest BCUT2D eigenvalue weighted by molar-refractivity contribution is 6.07. The van der Waals surface area contributed by atoms with Crippen molar-refractivity contribution >= 4 is 22.6 Å². The molecule has 0 radical (unpaired) electrons. The first-order valence-electron chi connectivity index (χ1n) is 7.74. The second-order valence-electron chi connectivity index (χ2n) is 5.86. The molecular weight excluding hydrogens is 337 g/mol. The van der Waals surface area contributed by atoms with Gasteiger partial charge in [-0.25, -0.2) is 9.18 Å². The number of carbonyl (C=O) groups is 1. The van der Waals surface area contributed by atoms with Crippen LogP contribution in [0.5, 0.6) is 0 Å². The molecule has 0 spiro atoms. The second-order valence-corrected chi connectivity index (χ2v) is 5.86. The monoisotopic (exact) mass is 349 g/mol. The number of carboxylic acid groups (broad SMARTS) is 1. The average molecular weight is 349 g/mol. The lowest BCUT2D eigenvalue weighted by Gasteiger charge is -2.16. The average Bonchev–Trinajstić information content (AvgIpc) is 2.61. The van der Waals surface area contributed by atoms with Gasteiger partial charge in [-0.05, 0) is 29.8 Å². The smallest absolute Gasteiger partial charge is 0.336 e. The van der Waals surface area contributed by atoms with Gasteiger partial charge in [0.25, 0.3) is 0 Å². The Labute approximate surface area is 146 Å². The molecule has 2 aromatic carbocycles. The molecule has 0 fully saturated rings. The number of fused-ring (bicyclic) bond motifs is 2. The topological polar surface area (TPSA) is 93.5 Å². The highest BCUT2D eigenvalue weighted by Crippen LogP contribution is 2.41. The van der Waals surface area contributed by atoms with E-state index >= 15 is 0 Å². The SMILES string of the molecule is Nc1ccc2c(-c3ccccc3C(=O)O)c3cc(F)c(=O)cc-3oc2c1. The van der Waals surface area contributed by atoms with E-state index in [1.54, 1.807) is 36.4 Å². The van der Waals surface area contributed by atoms with E-state index < -0.39 is 17.2 Å². The van der Waals surface area contributed by atoms with Crippen LogP contribution in [0.1, 0.15) is 10.4 Å². The molecule has 0 saturated carbocycles. The Hall–Kier alpha value is -3.67. The van der Waals surface area contributed by atoms with Crippen LogP contribution in [0, 0.1) is 5.82 Å². The third kappa shape index (κ3) is 2.39. The summed E-state index contributed by atoms with van der Waals surface area (Å²) in [6, 6.07) is 13.4. The number of rotatable bonds is 2. The first-order valence-corrected chi connectivity index (χ1v) is 7.74. The van der Waals surface area contributed by atoms with Crippen molar-refractivity contribution in [1.29, 1.82) is 0 Å². The van der Waals surface area contributed by atoms with Crippen molar-refractivity contribution in [3.8, 4) is 22.5 Å². The van der Waals surface area contributed by atoms with Crippen molar-refractivity contribution in [1.82, 2.24) is 0 Å². The van der Waals surface area contributed by atoms with Crippen molar-refractivity contribution in [2.45, 2.75) is 0 Å². The van der Waals surface area contributed by atoms with Crippen molar-refractivity contribution in [3.63, 3.8) is 0 Å². The van der Waals surface area contributed by atoms with E-state index in [2.05, 4.69) is 0 Å². The van der Waals surface area contributed by atoms with Crippen molar-refractivity contribution in [2.75, 3.05) is 5.73 Å². The Balaban J connectivity index is 2.24. The zero-order chi connectivity index (χ0) is 18.4. The lowest BCUT2D eigenvalue weighted by atomic mass is 9.90. The number of anilines is 1. The normalized spacial score (nSPS) is 11.1. The van der Waals surface area contributed by atoms with Crippen LogP contribution in [0.25, 0.3) is 33.4 Å². The molecule has 26 heavy (non-hydrogen) atoms. The molecule has 0 unspecified atom stereocenters. The molecule has 3 N–H and O–H groups in total. The molecule has 128 valence electrons. The Morgan fingerprint density at radius 3 is 2.58 bits per heavy atom. The fourth-order valence-corrected chi connectivity index (χ4v) is 3.09. The van der Waals surface area contributed by atoms with Crippen molar-refractivity contribution in [3.05, 3.63) is 76.2 Å². The molecule has 2 aromatic rings. The fourth-order valence-electron chi connectivity index (χ4n) is 3.09. The van der Waals surface area contributed by atoms with E-state index in [1.165, 1.54) is 6.07 Å². The molecule has 1 aliphatic carbocycles. The number of hydrogen-bond donors (Lipinski definition) is 2. The molecule has 6 heteroatoms. The summed E-state index contributed by atoms with van der Waals surface area (Å²) in [5, 5.41) is 10.1. The number of carboxylic acids is 1. The van der Waals surface area contributed by atoms with Gasteiger partial charge in [-0.15, -0.1) is 0 Å². The number of hydrogen-bond acceptors (Lipinski definition) is 4. The third-order valence-electron chi connectivity index (χ3n) is 4.23. The summed E-state index contributed by atoms with van der Waals surface area (Å²) in [5.74, 6) is -1.89. The molecule has 0 atom stereocenters. The van der Waals surface area contributed by atoms with E-state index in [0.717, 1.165) is 12.1 Å². The zero-order valence-corrected chi connectivity index (χ0v) is 13.3. The largest absolute Gasteiger partial charge is 0.478 e. The predicted molar refractivity (Wildman–Crippen MR) is 95.9 cm³/mol. The molecule has 5 nitrogen and oxygen atoms in total. The molecule has 0 amide bonds. The van der Waals surface area contributed by atoms with Crippen LogP contribution in [0.3, 0.4) is 0 Å². The van der Waals surface area contributed by atoms with Crippen LogP contribution in [0.4, 0.5) is 10.1 Å². The van der Waals surface area contributed by atoms with Crippen LogP contribution in [0.2, 0.25) is 0 Å². The minimum absolute atomic E-state index is 0.0599. The van der Waals surface area contributed by atoms with Crippen molar-refractivity contribution in [2.24, 2.45) is 0 Å². The van der Waals surface area contributed by atoms with Gasteiger partial charge in [0.1, 0.15) is 11.3 Å². The first-order chi connectivity index (χ1) is 12.5. The second kappa shape index (κ2) is 5.70. The van der Waals surface area contributed by atoms with Gasteiger partial charge in [0.2, 0.25) is 5.43 Å². The van der Waals surface area contributed by atoms with Gasteiger partial charge in [0.05, 0.1) is 5.56 Å². The lowest BCUT2D eigenvalue weighted by Crippen LogP contribution is -2.07. The summed E-state index contributed by atoms with van der Waals surface area (Å²) in [4.78, 5) is 23.4. The van der Waals surface area contributed by atoms with Crippen LogP contribution < -0.4 is 11.2 Å². The molecule has 2 aliphatic rings. The summed E-state index contributed by atoms with van der Waals surface area (Å²) in [6.07, 6.45) is 0. The molecule has 0 saturated heterocycles. The summed E-state index contributed by atoms with van der Waals surface area (Å²) in [5.41, 5.74) is 7.07. The molecule has 0 aromatic heterocycles. The van der Waals surface area contributed by atoms with E-state index in [0.29, 0.717) is 33.3 Å². The quantitative estimate of drug-likeness (QED) is 0.422. The standard InChI is InChI=1S/C20H12FNO4/c21-15-8-14-18(9-16(15)23)26-17-7-10(22)5-6-13(17)19(14)11-3-1-2-4-12(11)20(24)25/h1-9H,22H2,(H,24,25). The zero-order valence-electron chi connectivity index (χ0n) is 13.3. The fraction of sp³-hybridized carbons (Fsp3) is 0. The molecule has 1 aliphatic heterocycles. The Morgan fingerprint density at radius 2 is 1.81 bits per heavy atom. The van der Waals surface area contributed by atoms with Gasteiger partial charge in [0.15, 0.2) is 5.82 Å². The highest BCUT2D eigenvalue weighted by atomic mass is 19.1. The third-order valence-corrected chi connectivity index (χ3v) is 4.23. The van der Waals surface area contributed by atoms with Crippen LogP contribution >= 0.6 is 0 Å². The summed E-state index contributed by atoms with van der Waals surface area (Å²) in [7, 11) is 0. The minimum atomic E-state index is -1.11. The maximum Gasteiger partial charge on any atom is 0.336 e. The number of nitrogen functional groups attached to an aromatic ring is 1. The van der Waals surface area contributed by atoms with Gasteiger partial charge in [0, 0.05) is 34.3 Å². The van der Waals surface area contributed by atoms with Gasteiger partial charge in [-0.3, -0.25) is 4.79 Å². The van der Waals surface area contributed by atoms with Crippen LogP contribution in [-0.4, -0.2) is 11.1 Å². The van der Waals surface area contributed by atoms with Gasteiger partial charge in [-0.1, -0.05) is 18.2 Å². The first kappa shape index (κ1) is 15.8. The van der Waals surface area contributed by atoms with E-state index in [1.807, 2.05) is 0 Å². The van der Waals surface area contributed by atoms with Crippen molar-refractivity contribution < 1.29 is 18.7 Å². The van der Waals surface area contributed by atoms with E-state index in [9.17, 15) is 19.1 Å². The van der Waals surface area contributed by atoms with Gasteiger partial charge in [-0.2, -0.15) is 0 Å². The number of halogens is 1. The Morgan fingerprint density at radius 1 is 1.04 bits per heavy atom. The maximum atomic E-state index is 14.0. The maximum absolute atomic E-state index is 14.0. The van der Waals surface area contributed by atoms with E-state index in [-0.39, 0.29) is 11.3 Å². The van der Waals surface area contributed by atoms with Crippen LogP contribution in [-0.2, 0) is 0 Å². The summed E-state index contributed by atoms with van der Waals surface area (Å²) >= 11 is 0.